The Morgan fingerprint density at radius 1 is 1.41 bits per heavy atom. The standard InChI is InChI=1S/C15H15FN4O2/c16-13-5-8(3-4-17-13)12-7-18-15(22-12)14(21)20-11-6-9-1-2-10(11)19-9/h3-5,7,9-11,19H,1-2,6H2,(H,20,21)/t9-,10+,11-/m1/s1. The van der Waals surface area contributed by atoms with Gasteiger partial charge in [-0.1, -0.05) is 0 Å². The molecule has 2 aliphatic heterocycles. The van der Waals surface area contributed by atoms with E-state index in [1.165, 1.54) is 24.9 Å². The first-order valence-corrected chi connectivity index (χ1v) is 7.34. The smallest absolute Gasteiger partial charge is 0.307 e. The highest BCUT2D eigenvalue weighted by molar-refractivity contribution is 5.90. The van der Waals surface area contributed by atoms with Gasteiger partial charge in [-0.25, -0.2) is 9.97 Å². The molecular weight excluding hydrogens is 287 g/mol. The van der Waals surface area contributed by atoms with Crippen molar-refractivity contribution >= 4 is 5.91 Å². The fourth-order valence-electron chi connectivity index (χ4n) is 3.28. The number of oxazole rings is 1. The molecule has 2 N–H and O–H groups in total. The van der Waals surface area contributed by atoms with Gasteiger partial charge in [0.05, 0.1) is 6.20 Å². The molecule has 0 aliphatic carbocycles. The lowest BCUT2D eigenvalue weighted by Gasteiger charge is -2.20. The third kappa shape index (κ3) is 2.37. The van der Waals surface area contributed by atoms with E-state index in [0.29, 0.717) is 23.4 Å². The van der Waals surface area contributed by atoms with E-state index in [0.717, 1.165) is 12.8 Å². The Hall–Kier alpha value is -2.28. The highest BCUT2D eigenvalue weighted by Crippen LogP contribution is 2.28. The van der Waals surface area contributed by atoms with Crippen LogP contribution in [-0.2, 0) is 0 Å². The Morgan fingerprint density at radius 2 is 2.32 bits per heavy atom. The maximum absolute atomic E-state index is 13.1. The summed E-state index contributed by atoms with van der Waals surface area (Å²) in [4.78, 5) is 19.7. The number of rotatable bonds is 3. The molecule has 2 aliphatic rings. The van der Waals surface area contributed by atoms with Crippen LogP contribution in [0.4, 0.5) is 4.39 Å². The monoisotopic (exact) mass is 302 g/mol. The van der Waals surface area contributed by atoms with Crippen molar-refractivity contribution in [2.24, 2.45) is 0 Å². The molecule has 2 bridgehead atoms. The lowest BCUT2D eigenvalue weighted by Crippen LogP contribution is -2.43. The van der Waals surface area contributed by atoms with Crippen LogP contribution in [0.15, 0.2) is 28.9 Å². The normalized spacial score (nSPS) is 26.3. The molecule has 1 amide bonds. The molecule has 0 aromatic carbocycles. The first-order chi connectivity index (χ1) is 10.7. The fourth-order valence-corrected chi connectivity index (χ4v) is 3.28. The molecule has 2 aromatic heterocycles. The number of carbonyl (C=O) groups excluding carboxylic acids is 1. The van der Waals surface area contributed by atoms with Crippen molar-refractivity contribution in [2.75, 3.05) is 0 Å². The van der Waals surface area contributed by atoms with Crippen LogP contribution >= 0.6 is 0 Å². The summed E-state index contributed by atoms with van der Waals surface area (Å²) in [5.41, 5.74) is 0.501. The number of aromatic nitrogens is 2. The van der Waals surface area contributed by atoms with Gasteiger partial charge in [0.15, 0.2) is 5.76 Å². The minimum Gasteiger partial charge on any atom is -0.432 e. The summed E-state index contributed by atoms with van der Waals surface area (Å²) in [6, 6.07) is 3.82. The molecule has 0 unspecified atom stereocenters. The van der Waals surface area contributed by atoms with Crippen LogP contribution in [0.2, 0.25) is 0 Å². The van der Waals surface area contributed by atoms with Gasteiger partial charge >= 0.3 is 5.91 Å². The van der Waals surface area contributed by atoms with Gasteiger partial charge in [-0.2, -0.15) is 4.39 Å². The number of halogens is 1. The number of carbonyl (C=O) groups is 1. The number of nitrogens with one attached hydrogen (secondary N) is 2. The molecule has 2 saturated heterocycles. The van der Waals surface area contributed by atoms with E-state index in [9.17, 15) is 9.18 Å². The van der Waals surface area contributed by atoms with Crippen LogP contribution in [0.1, 0.15) is 29.9 Å². The Kier molecular flexibility index (Phi) is 3.15. The minimum atomic E-state index is -0.604. The van der Waals surface area contributed by atoms with E-state index in [4.69, 9.17) is 4.42 Å². The zero-order chi connectivity index (χ0) is 15.1. The molecule has 0 saturated carbocycles. The molecule has 0 spiro atoms. The van der Waals surface area contributed by atoms with Gasteiger partial charge < -0.3 is 15.1 Å². The lowest BCUT2D eigenvalue weighted by atomic mass is 9.95. The first-order valence-electron chi connectivity index (χ1n) is 7.34. The van der Waals surface area contributed by atoms with Crippen molar-refractivity contribution < 1.29 is 13.6 Å². The quantitative estimate of drug-likeness (QED) is 0.840. The van der Waals surface area contributed by atoms with Gasteiger partial charge in [0.25, 0.3) is 5.89 Å². The second kappa shape index (κ2) is 5.17. The summed E-state index contributed by atoms with van der Waals surface area (Å²) in [7, 11) is 0. The second-order valence-electron chi connectivity index (χ2n) is 5.76. The molecule has 3 atom stereocenters. The molecule has 7 heteroatoms. The number of amides is 1. The molecule has 2 fully saturated rings. The average Bonchev–Trinajstić information content (AvgIpc) is 3.23. The predicted octanol–water partition coefficient (Wildman–Crippen LogP) is 1.50. The molecule has 4 rings (SSSR count). The topological polar surface area (TPSA) is 80.0 Å². The van der Waals surface area contributed by atoms with Gasteiger partial charge in [0.1, 0.15) is 0 Å². The number of pyridine rings is 1. The van der Waals surface area contributed by atoms with Gasteiger partial charge in [-0.3, -0.25) is 4.79 Å². The fraction of sp³-hybridized carbons (Fsp3) is 0.400. The second-order valence-corrected chi connectivity index (χ2v) is 5.76. The largest absolute Gasteiger partial charge is 0.432 e. The van der Waals surface area contributed by atoms with Gasteiger partial charge in [-0.15, -0.1) is 0 Å². The SMILES string of the molecule is O=C(N[C@@H]1C[C@H]2CC[C@@H]1N2)c1ncc(-c2ccnc(F)c2)o1. The van der Waals surface area contributed by atoms with Crippen molar-refractivity contribution in [3.63, 3.8) is 0 Å². The van der Waals surface area contributed by atoms with E-state index < -0.39 is 5.95 Å². The van der Waals surface area contributed by atoms with E-state index >= 15 is 0 Å². The van der Waals surface area contributed by atoms with Crippen molar-refractivity contribution in [1.82, 2.24) is 20.6 Å². The first kappa shape index (κ1) is 13.4. The van der Waals surface area contributed by atoms with Crippen LogP contribution in [0.3, 0.4) is 0 Å². The van der Waals surface area contributed by atoms with Crippen molar-refractivity contribution in [1.29, 1.82) is 0 Å². The maximum atomic E-state index is 13.1. The van der Waals surface area contributed by atoms with Crippen LogP contribution in [0, 0.1) is 5.95 Å². The number of nitrogens with zero attached hydrogens (tertiary/aromatic N) is 2. The van der Waals surface area contributed by atoms with E-state index in [2.05, 4.69) is 20.6 Å². The molecule has 22 heavy (non-hydrogen) atoms. The molecule has 0 radical (unpaired) electrons. The number of hydrogen-bond acceptors (Lipinski definition) is 5. The summed E-state index contributed by atoms with van der Waals surface area (Å²) in [5.74, 6) is -0.597. The van der Waals surface area contributed by atoms with Crippen LogP contribution in [0.5, 0.6) is 0 Å². The molecule has 6 nitrogen and oxygen atoms in total. The zero-order valence-corrected chi connectivity index (χ0v) is 11.8. The zero-order valence-electron chi connectivity index (χ0n) is 11.8. The van der Waals surface area contributed by atoms with Crippen molar-refractivity contribution in [2.45, 2.75) is 37.4 Å². The third-order valence-corrected chi connectivity index (χ3v) is 4.33. The Labute approximate surface area is 126 Å². The van der Waals surface area contributed by atoms with Crippen LogP contribution < -0.4 is 10.6 Å². The van der Waals surface area contributed by atoms with E-state index in [1.807, 2.05) is 0 Å². The van der Waals surface area contributed by atoms with Crippen LogP contribution in [-0.4, -0.2) is 34.0 Å². The van der Waals surface area contributed by atoms with Crippen molar-refractivity contribution in [3.05, 3.63) is 36.4 Å². The van der Waals surface area contributed by atoms with Crippen molar-refractivity contribution in [3.8, 4) is 11.3 Å². The summed E-state index contributed by atoms with van der Waals surface area (Å²) in [6.45, 7) is 0. The molecular formula is C15H15FN4O2. The highest BCUT2D eigenvalue weighted by Gasteiger charge is 2.40. The minimum absolute atomic E-state index is 0.00464. The number of hydrogen-bond donors (Lipinski definition) is 2. The van der Waals surface area contributed by atoms with Gasteiger partial charge in [0.2, 0.25) is 5.95 Å². The average molecular weight is 302 g/mol. The lowest BCUT2D eigenvalue weighted by molar-refractivity contribution is 0.0896. The van der Waals surface area contributed by atoms with Crippen LogP contribution in [0.25, 0.3) is 11.3 Å². The molecule has 4 heterocycles. The highest BCUT2D eigenvalue weighted by atomic mass is 19.1. The summed E-state index contributed by atoms with van der Waals surface area (Å²) in [6.07, 6.45) is 5.96. The summed E-state index contributed by atoms with van der Waals surface area (Å²) >= 11 is 0. The molecule has 2 aromatic rings. The molecule has 114 valence electrons. The number of fused-ring (bicyclic) bond motifs is 2. The van der Waals surface area contributed by atoms with Gasteiger partial charge in [0, 0.05) is 36.0 Å². The van der Waals surface area contributed by atoms with Gasteiger partial charge in [-0.05, 0) is 25.3 Å². The van der Waals surface area contributed by atoms with E-state index in [-0.39, 0.29) is 17.8 Å². The Bertz CT molecular complexity index is 717. The summed E-state index contributed by atoms with van der Waals surface area (Å²) in [5, 5.41) is 6.42. The summed E-state index contributed by atoms with van der Waals surface area (Å²) < 4.78 is 18.6. The Balaban J connectivity index is 1.48. The third-order valence-electron chi connectivity index (χ3n) is 4.33. The van der Waals surface area contributed by atoms with E-state index in [1.54, 1.807) is 6.07 Å². The maximum Gasteiger partial charge on any atom is 0.307 e. The predicted molar refractivity (Wildman–Crippen MR) is 75.5 cm³/mol. The Morgan fingerprint density at radius 3 is 3.05 bits per heavy atom.